The number of pyridine rings is 1. The Kier molecular flexibility index (Phi) is 6.22. The molecular formula is C17H19F3N4O4S. The fourth-order valence-corrected chi connectivity index (χ4v) is 3.83. The van der Waals surface area contributed by atoms with Crippen LogP contribution in [0.3, 0.4) is 0 Å². The molecule has 0 saturated carbocycles. The van der Waals surface area contributed by atoms with Crippen LogP contribution in [0.2, 0.25) is 0 Å². The highest BCUT2D eigenvalue weighted by Crippen LogP contribution is 2.42. The number of aromatic nitrogens is 3. The SMILES string of the molecule is Cc1nnc(N2CC3(C2)OCCC3COc2cccnc2)s1.O=C(O)C(F)(F)F. The summed E-state index contributed by atoms with van der Waals surface area (Å²) in [6.45, 7) is 5.22. The molecule has 0 radical (unpaired) electrons. The van der Waals surface area contributed by atoms with Gasteiger partial charge in [0, 0.05) is 18.7 Å². The van der Waals surface area contributed by atoms with E-state index in [1.807, 2.05) is 19.1 Å². The minimum absolute atomic E-state index is 0.0816. The van der Waals surface area contributed by atoms with Gasteiger partial charge in [-0.1, -0.05) is 11.3 Å². The zero-order chi connectivity index (χ0) is 21.1. The maximum Gasteiger partial charge on any atom is 0.490 e. The molecule has 1 spiro atoms. The number of aliphatic carboxylic acids is 1. The second-order valence-electron chi connectivity index (χ2n) is 6.66. The molecule has 1 atom stereocenters. The van der Waals surface area contributed by atoms with E-state index in [0.29, 0.717) is 12.5 Å². The smallest absolute Gasteiger partial charge is 0.490 e. The Labute approximate surface area is 168 Å². The topological polar surface area (TPSA) is 97.7 Å². The summed E-state index contributed by atoms with van der Waals surface area (Å²) < 4.78 is 43.7. The highest BCUT2D eigenvalue weighted by Gasteiger charge is 2.54. The quantitative estimate of drug-likeness (QED) is 0.787. The largest absolute Gasteiger partial charge is 0.492 e. The summed E-state index contributed by atoms with van der Waals surface area (Å²) in [6.07, 6.45) is -0.538. The van der Waals surface area contributed by atoms with E-state index in [1.54, 1.807) is 23.7 Å². The van der Waals surface area contributed by atoms with Crippen molar-refractivity contribution in [1.82, 2.24) is 15.2 Å². The molecule has 1 N–H and O–H groups in total. The number of carboxylic acids is 1. The van der Waals surface area contributed by atoms with Gasteiger partial charge in [0.25, 0.3) is 0 Å². The minimum Gasteiger partial charge on any atom is -0.492 e. The first-order valence-corrected chi connectivity index (χ1v) is 9.53. The minimum atomic E-state index is -5.08. The number of ether oxygens (including phenoxy) is 2. The van der Waals surface area contributed by atoms with Gasteiger partial charge in [-0.15, -0.1) is 10.2 Å². The summed E-state index contributed by atoms with van der Waals surface area (Å²) in [4.78, 5) is 15.2. The molecule has 0 aromatic carbocycles. The van der Waals surface area contributed by atoms with Gasteiger partial charge in [-0.05, 0) is 25.5 Å². The molecule has 0 amide bonds. The normalized spacial score (nSPS) is 20.0. The lowest BCUT2D eigenvalue weighted by Crippen LogP contribution is -2.65. The third-order valence-corrected chi connectivity index (χ3v) is 5.53. The van der Waals surface area contributed by atoms with E-state index < -0.39 is 12.1 Å². The van der Waals surface area contributed by atoms with Crippen LogP contribution in [-0.4, -0.2) is 64.3 Å². The molecule has 158 valence electrons. The Balaban J connectivity index is 0.000000298. The Morgan fingerprint density at radius 3 is 2.72 bits per heavy atom. The lowest BCUT2D eigenvalue weighted by molar-refractivity contribution is -0.192. The third kappa shape index (κ3) is 5.12. The second-order valence-corrected chi connectivity index (χ2v) is 7.82. The van der Waals surface area contributed by atoms with Crippen LogP contribution in [0.4, 0.5) is 18.3 Å². The molecule has 4 rings (SSSR count). The fraction of sp³-hybridized carbons (Fsp3) is 0.529. The number of anilines is 1. The molecule has 8 nitrogen and oxygen atoms in total. The Hall–Kier alpha value is -2.47. The van der Waals surface area contributed by atoms with Crippen molar-refractivity contribution in [3.05, 3.63) is 29.5 Å². The fourth-order valence-electron chi connectivity index (χ4n) is 3.15. The zero-order valence-electron chi connectivity index (χ0n) is 15.4. The number of rotatable bonds is 4. The highest BCUT2D eigenvalue weighted by molar-refractivity contribution is 7.15. The molecule has 0 bridgehead atoms. The van der Waals surface area contributed by atoms with Gasteiger partial charge in [0.2, 0.25) is 5.13 Å². The first-order chi connectivity index (χ1) is 13.7. The van der Waals surface area contributed by atoms with E-state index in [4.69, 9.17) is 19.4 Å². The predicted octanol–water partition coefficient (Wildman–Crippen LogP) is 2.55. The van der Waals surface area contributed by atoms with E-state index >= 15 is 0 Å². The summed E-state index contributed by atoms with van der Waals surface area (Å²) in [5.74, 6) is -1.52. The summed E-state index contributed by atoms with van der Waals surface area (Å²) in [6, 6.07) is 3.83. The molecule has 0 aliphatic carbocycles. The summed E-state index contributed by atoms with van der Waals surface area (Å²) in [7, 11) is 0. The van der Waals surface area contributed by atoms with E-state index in [1.165, 1.54) is 0 Å². The van der Waals surface area contributed by atoms with Crippen LogP contribution in [0.5, 0.6) is 5.75 Å². The molecule has 2 aromatic heterocycles. The van der Waals surface area contributed by atoms with Crippen LogP contribution in [0.25, 0.3) is 0 Å². The van der Waals surface area contributed by atoms with E-state index in [0.717, 1.165) is 42.0 Å². The maximum absolute atomic E-state index is 10.6. The van der Waals surface area contributed by atoms with Gasteiger partial charge in [0.05, 0.1) is 25.9 Å². The van der Waals surface area contributed by atoms with Crippen molar-refractivity contribution in [2.75, 3.05) is 31.2 Å². The molecule has 2 aliphatic heterocycles. The van der Waals surface area contributed by atoms with Crippen LogP contribution in [0.1, 0.15) is 11.4 Å². The van der Waals surface area contributed by atoms with Gasteiger partial charge in [-0.2, -0.15) is 13.2 Å². The Morgan fingerprint density at radius 1 is 1.45 bits per heavy atom. The monoisotopic (exact) mass is 432 g/mol. The van der Waals surface area contributed by atoms with E-state index in [-0.39, 0.29) is 5.60 Å². The highest BCUT2D eigenvalue weighted by atomic mass is 32.1. The van der Waals surface area contributed by atoms with Gasteiger partial charge in [-0.3, -0.25) is 4.98 Å². The number of carbonyl (C=O) groups is 1. The molecule has 2 saturated heterocycles. The maximum atomic E-state index is 10.6. The van der Waals surface area contributed by atoms with Gasteiger partial charge in [0.15, 0.2) is 0 Å². The van der Waals surface area contributed by atoms with Crippen LogP contribution in [-0.2, 0) is 9.53 Å². The Bertz CT molecular complexity index is 828. The zero-order valence-corrected chi connectivity index (χ0v) is 16.2. The number of hydrogen-bond acceptors (Lipinski definition) is 8. The van der Waals surface area contributed by atoms with E-state index in [9.17, 15) is 13.2 Å². The number of carboxylic acid groups (broad SMARTS) is 1. The molecule has 29 heavy (non-hydrogen) atoms. The van der Waals surface area contributed by atoms with Crippen molar-refractivity contribution < 1.29 is 32.5 Å². The molecule has 1 unspecified atom stereocenters. The molecule has 2 aliphatic rings. The van der Waals surface area contributed by atoms with Gasteiger partial charge < -0.3 is 19.5 Å². The third-order valence-electron chi connectivity index (χ3n) is 4.63. The lowest BCUT2D eigenvalue weighted by atomic mass is 9.81. The van der Waals surface area contributed by atoms with Gasteiger partial charge in [-0.25, -0.2) is 4.79 Å². The number of nitrogens with zero attached hydrogens (tertiary/aromatic N) is 4. The van der Waals surface area contributed by atoms with Crippen LogP contribution in [0.15, 0.2) is 24.5 Å². The van der Waals surface area contributed by atoms with Crippen molar-refractivity contribution >= 4 is 22.4 Å². The van der Waals surface area contributed by atoms with Crippen LogP contribution < -0.4 is 9.64 Å². The summed E-state index contributed by atoms with van der Waals surface area (Å²) >= 11 is 1.63. The van der Waals surface area contributed by atoms with Crippen LogP contribution >= 0.6 is 11.3 Å². The summed E-state index contributed by atoms with van der Waals surface area (Å²) in [5, 5.41) is 17.4. The molecule has 12 heteroatoms. The van der Waals surface area contributed by atoms with E-state index in [2.05, 4.69) is 20.1 Å². The van der Waals surface area contributed by atoms with Crippen molar-refractivity contribution in [2.24, 2.45) is 5.92 Å². The number of halogens is 3. The molecule has 2 fully saturated rings. The first kappa shape index (κ1) is 21.2. The molecule has 4 heterocycles. The molecule has 2 aromatic rings. The van der Waals surface area contributed by atoms with Crippen molar-refractivity contribution in [3.8, 4) is 5.75 Å². The first-order valence-electron chi connectivity index (χ1n) is 8.71. The number of alkyl halides is 3. The molecular weight excluding hydrogens is 413 g/mol. The van der Waals surface area contributed by atoms with Crippen molar-refractivity contribution in [1.29, 1.82) is 0 Å². The van der Waals surface area contributed by atoms with Gasteiger partial charge >= 0.3 is 12.1 Å². The van der Waals surface area contributed by atoms with Crippen molar-refractivity contribution in [2.45, 2.75) is 25.1 Å². The average Bonchev–Trinajstić information content (AvgIpc) is 3.25. The summed E-state index contributed by atoms with van der Waals surface area (Å²) in [5.41, 5.74) is -0.0816. The Morgan fingerprint density at radius 2 is 2.17 bits per heavy atom. The standard InChI is InChI=1S/C15H18N4O2S.C2HF3O2/c1-11-17-18-14(22-11)19-9-15(10-19)12(4-6-21-15)8-20-13-3-2-5-16-7-13;3-2(4,5)1(6)7/h2-3,5,7,12H,4,6,8-10H2,1H3;(H,6,7). The average molecular weight is 432 g/mol. The predicted molar refractivity (Wildman–Crippen MR) is 97.1 cm³/mol. The van der Waals surface area contributed by atoms with Crippen LogP contribution in [0, 0.1) is 12.8 Å². The number of aryl methyl sites for hydroxylation is 1. The second kappa shape index (κ2) is 8.49. The lowest BCUT2D eigenvalue weighted by Gasteiger charge is -2.49. The van der Waals surface area contributed by atoms with Gasteiger partial charge in [0.1, 0.15) is 16.4 Å². The van der Waals surface area contributed by atoms with Crippen molar-refractivity contribution in [3.63, 3.8) is 0 Å². The number of hydrogen-bond donors (Lipinski definition) is 1.